The number of sulfone groups is 1. The van der Waals surface area contributed by atoms with Crippen molar-refractivity contribution in [3.05, 3.63) is 70.9 Å². The topological polar surface area (TPSA) is 136 Å². The van der Waals surface area contributed by atoms with E-state index in [2.05, 4.69) is 20.3 Å². The number of nitrogen functional groups attached to an aromatic ring is 1. The molecule has 0 unspecified atom stereocenters. The van der Waals surface area contributed by atoms with Crippen LogP contribution < -0.4 is 11.1 Å². The van der Waals surface area contributed by atoms with Crippen molar-refractivity contribution in [3.8, 4) is 0 Å². The fourth-order valence-electron chi connectivity index (χ4n) is 2.80. The van der Waals surface area contributed by atoms with E-state index >= 15 is 0 Å². The predicted molar refractivity (Wildman–Crippen MR) is 113 cm³/mol. The summed E-state index contributed by atoms with van der Waals surface area (Å²) >= 11 is 5.85. The van der Waals surface area contributed by atoms with Gasteiger partial charge in [-0.25, -0.2) is 18.4 Å². The Bertz CT molecular complexity index is 1330. The van der Waals surface area contributed by atoms with Gasteiger partial charge in [-0.1, -0.05) is 11.6 Å². The maximum absolute atomic E-state index is 12.9. The molecule has 2 aromatic heterocycles. The SMILES string of the molecule is [N-]=Cc1cc(Nc2ncnc3[nH]c(S(=O)(=O)c4ccc(Cl)cc4)cc23)ccc1N. The van der Waals surface area contributed by atoms with E-state index < -0.39 is 9.84 Å². The molecule has 0 spiro atoms. The van der Waals surface area contributed by atoms with E-state index in [-0.39, 0.29) is 9.92 Å². The number of rotatable bonds is 5. The summed E-state index contributed by atoms with van der Waals surface area (Å²) in [5.41, 5.74) is 7.61. The predicted octanol–water partition coefficient (Wildman–Crippen LogP) is 3.76. The van der Waals surface area contributed by atoms with Gasteiger partial charge >= 0.3 is 0 Å². The molecule has 10 heteroatoms. The zero-order chi connectivity index (χ0) is 20.6. The average molecular weight is 426 g/mol. The first kappa shape index (κ1) is 18.9. The highest BCUT2D eigenvalue weighted by molar-refractivity contribution is 7.91. The Morgan fingerprint density at radius 1 is 1.10 bits per heavy atom. The number of halogens is 1. The first-order valence-corrected chi connectivity index (χ1v) is 10.2. The number of aromatic nitrogens is 3. The van der Waals surface area contributed by atoms with Crippen LogP contribution in [0, 0.1) is 0 Å². The first-order chi connectivity index (χ1) is 13.9. The molecule has 8 nitrogen and oxygen atoms in total. The third kappa shape index (κ3) is 3.53. The van der Waals surface area contributed by atoms with Crippen LogP contribution in [0.4, 0.5) is 17.2 Å². The molecule has 2 aromatic carbocycles. The molecule has 4 aromatic rings. The maximum Gasteiger partial charge on any atom is 0.221 e. The van der Waals surface area contributed by atoms with Crippen molar-refractivity contribution in [1.29, 1.82) is 0 Å². The number of fused-ring (bicyclic) bond motifs is 1. The quantitative estimate of drug-likeness (QED) is 0.329. The minimum absolute atomic E-state index is 0.0138. The van der Waals surface area contributed by atoms with Crippen LogP contribution in [0.2, 0.25) is 5.02 Å². The normalized spacial score (nSPS) is 11.5. The van der Waals surface area contributed by atoms with E-state index in [9.17, 15) is 13.8 Å². The van der Waals surface area contributed by atoms with Crippen molar-refractivity contribution >= 4 is 55.9 Å². The molecule has 146 valence electrons. The number of H-pyrrole nitrogens is 1. The number of benzene rings is 2. The Hall–Kier alpha value is -3.43. The lowest BCUT2D eigenvalue weighted by Crippen LogP contribution is -2.01. The second-order valence-electron chi connectivity index (χ2n) is 6.17. The molecule has 2 heterocycles. The number of anilines is 3. The average Bonchev–Trinajstić information content (AvgIpc) is 3.16. The van der Waals surface area contributed by atoms with Crippen LogP contribution in [0.3, 0.4) is 0 Å². The largest absolute Gasteiger partial charge is 0.810 e. The number of nitrogens with two attached hydrogens (primary N) is 1. The van der Waals surface area contributed by atoms with Crippen molar-refractivity contribution in [2.24, 2.45) is 0 Å². The Labute approximate surface area is 171 Å². The van der Waals surface area contributed by atoms with Crippen LogP contribution in [0.1, 0.15) is 5.56 Å². The van der Waals surface area contributed by atoms with E-state index in [1.165, 1.54) is 36.7 Å². The zero-order valence-corrected chi connectivity index (χ0v) is 16.4. The summed E-state index contributed by atoms with van der Waals surface area (Å²) in [5, 5.41) is 13.3. The van der Waals surface area contributed by atoms with Gasteiger partial charge in [0.25, 0.3) is 0 Å². The summed E-state index contributed by atoms with van der Waals surface area (Å²) < 4.78 is 25.8. The lowest BCUT2D eigenvalue weighted by molar-refractivity contribution is 0.593. The molecule has 0 aliphatic rings. The molecule has 0 amide bonds. The van der Waals surface area contributed by atoms with Crippen molar-refractivity contribution in [2.45, 2.75) is 9.92 Å². The summed E-state index contributed by atoms with van der Waals surface area (Å²) in [5.74, 6) is 0.400. The monoisotopic (exact) mass is 425 g/mol. The smallest absolute Gasteiger partial charge is 0.221 e. The van der Waals surface area contributed by atoms with Gasteiger partial charge in [0, 0.05) is 16.4 Å². The van der Waals surface area contributed by atoms with Crippen LogP contribution in [0.15, 0.2) is 64.8 Å². The standard InChI is InChI=1S/C19H14ClN6O2S/c20-12-1-4-14(5-2-12)29(27,28)17-8-15-18(23-10-24-19(15)26-17)25-13-3-6-16(22)11(7-13)9-21/h1-10H,22H2,(H2,23,24,25,26)/q-1. The first-order valence-electron chi connectivity index (χ1n) is 8.37. The van der Waals surface area contributed by atoms with Gasteiger partial charge in [0.05, 0.1) is 10.3 Å². The van der Waals surface area contributed by atoms with Gasteiger partial charge in [0.15, 0.2) is 0 Å². The van der Waals surface area contributed by atoms with E-state index in [0.29, 0.717) is 38.8 Å². The summed E-state index contributed by atoms with van der Waals surface area (Å²) in [6.45, 7) is 0. The Morgan fingerprint density at radius 3 is 2.59 bits per heavy atom. The molecular weight excluding hydrogens is 412 g/mol. The Kier molecular flexibility index (Phi) is 4.69. The molecular formula is C19H14ClN6O2S-. The molecule has 0 saturated carbocycles. The fourth-order valence-corrected chi connectivity index (χ4v) is 4.18. The molecule has 0 bridgehead atoms. The van der Waals surface area contributed by atoms with Gasteiger partial charge < -0.3 is 21.4 Å². The number of aromatic amines is 1. The van der Waals surface area contributed by atoms with E-state index in [0.717, 1.165) is 6.21 Å². The van der Waals surface area contributed by atoms with Crippen LogP contribution >= 0.6 is 11.6 Å². The van der Waals surface area contributed by atoms with Crippen molar-refractivity contribution in [3.63, 3.8) is 0 Å². The zero-order valence-electron chi connectivity index (χ0n) is 14.8. The van der Waals surface area contributed by atoms with Gasteiger partial charge in [0.1, 0.15) is 22.8 Å². The minimum Gasteiger partial charge on any atom is -0.810 e. The van der Waals surface area contributed by atoms with Crippen LogP contribution in [-0.4, -0.2) is 29.6 Å². The number of nitrogens with one attached hydrogen (secondary N) is 2. The van der Waals surface area contributed by atoms with Crippen LogP contribution in [0.25, 0.3) is 16.4 Å². The van der Waals surface area contributed by atoms with Crippen molar-refractivity contribution < 1.29 is 8.42 Å². The highest BCUT2D eigenvalue weighted by atomic mass is 35.5. The molecule has 0 saturated heterocycles. The van der Waals surface area contributed by atoms with Gasteiger partial charge in [-0.3, -0.25) is 0 Å². The van der Waals surface area contributed by atoms with Crippen LogP contribution in [-0.2, 0) is 9.84 Å². The highest BCUT2D eigenvalue weighted by Gasteiger charge is 2.21. The van der Waals surface area contributed by atoms with Crippen LogP contribution in [0.5, 0.6) is 0 Å². The van der Waals surface area contributed by atoms with E-state index in [1.807, 2.05) is 0 Å². The summed E-state index contributed by atoms with van der Waals surface area (Å²) in [6, 6.07) is 12.4. The summed E-state index contributed by atoms with van der Waals surface area (Å²) in [6.07, 6.45) is 2.22. The number of hydrogen-bond donors (Lipinski definition) is 3. The number of nitrogens with zero attached hydrogens (tertiary/aromatic N) is 3. The fraction of sp³-hybridized carbons (Fsp3) is 0. The van der Waals surface area contributed by atoms with E-state index in [1.54, 1.807) is 18.2 Å². The van der Waals surface area contributed by atoms with Gasteiger partial charge in [-0.15, -0.1) is 0 Å². The van der Waals surface area contributed by atoms with Gasteiger partial charge in [0.2, 0.25) is 9.84 Å². The molecule has 4 rings (SSSR count). The molecule has 4 N–H and O–H groups in total. The molecule has 0 aliphatic heterocycles. The number of hydrogen-bond acceptors (Lipinski definition) is 6. The van der Waals surface area contributed by atoms with E-state index in [4.69, 9.17) is 17.3 Å². The highest BCUT2D eigenvalue weighted by Crippen LogP contribution is 2.29. The Balaban J connectivity index is 1.76. The maximum atomic E-state index is 12.9. The molecule has 0 radical (unpaired) electrons. The van der Waals surface area contributed by atoms with Crippen molar-refractivity contribution in [2.75, 3.05) is 11.1 Å². The third-order valence-electron chi connectivity index (χ3n) is 4.30. The molecule has 0 aliphatic carbocycles. The van der Waals surface area contributed by atoms with Gasteiger partial charge in [-0.05, 0) is 54.1 Å². The van der Waals surface area contributed by atoms with Gasteiger partial charge in [-0.2, -0.15) is 6.21 Å². The second kappa shape index (κ2) is 7.19. The van der Waals surface area contributed by atoms with Crippen molar-refractivity contribution in [1.82, 2.24) is 15.0 Å². The Morgan fingerprint density at radius 2 is 1.86 bits per heavy atom. The molecule has 0 atom stereocenters. The third-order valence-corrected chi connectivity index (χ3v) is 6.25. The lowest BCUT2D eigenvalue weighted by Gasteiger charge is -2.09. The summed E-state index contributed by atoms with van der Waals surface area (Å²) in [7, 11) is -3.79. The minimum atomic E-state index is -3.79. The summed E-state index contributed by atoms with van der Waals surface area (Å²) in [4.78, 5) is 11.3. The lowest BCUT2D eigenvalue weighted by atomic mass is 10.1. The molecule has 29 heavy (non-hydrogen) atoms. The molecule has 0 fully saturated rings. The second-order valence-corrected chi connectivity index (χ2v) is 8.53.